The molecule has 4 nitrogen and oxygen atoms in total. The van der Waals surface area contributed by atoms with Crippen molar-refractivity contribution in [2.24, 2.45) is 5.92 Å². The number of hydrogen-bond acceptors (Lipinski definition) is 4. The van der Waals surface area contributed by atoms with Crippen molar-refractivity contribution in [2.75, 3.05) is 31.1 Å². The summed E-state index contributed by atoms with van der Waals surface area (Å²) < 4.78 is 23.1. The van der Waals surface area contributed by atoms with Crippen LogP contribution >= 0.6 is 11.6 Å². The van der Waals surface area contributed by atoms with Crippen LogP contribution in [0.3, 0.4) is 0 Å². The Hall–Kier alpha value is -0.620. The molecule has 2 saturated heterocycles. The van der Waals surface area contributed by atoms with E-state index in [1.54, 1.807) is 0 Å². The van der Waals surface area contributed by atoms with Crippen molar-refractivity contribution in [3.8, 4) is 0 Å². The van der Waals surface area contributed by atoms with Gasteiger partial charge in [-0.1, -0.05) is 29.8 Å². The molecule has 1 aromatic rings. The van der Waals surface area contributed by atoms with Gasteiger partial charge < -0.3 is 10.0 Å². The van der Waals surface area contributed by atoms with Crippen LogP contribution in [0.5, 0.6) is 0 Å². The van der Waals surface area contributed by atoms with Gasteiger partial charge in [0.15, 0.2) is 9.84 Å². The Bertz CT molecular complexity index is 639. The third kappa shape index (κ3) is 3.48. The van der Waals surface area contributed by atoms with Gasteiger partial charge in [0.2, 0.25) is 0 Å². The smallest absolute Gasteiger partial charge is 0.150 e. The van der Waals surface area contributed by atoms with Gasteiger partial charge in [-0.3, -0.25) is 0 Å². The lowest BCUT2D eigenvalue weighted by molar-refractivity contribution is -0.0281. The number of likely N-dealkylation sites (tertiary alicyclic amines) is 1. The first kappa shape index (κ1) is 16.2. The van der Waals surface area contributed by atoms with Gasteiger partial charge in [-0.05, 0) is 31.2 Å². The Balaban J connectivity index is 1.60. The first-order chi connectivity index (χ1) is 10.4. The highest BCUT2D eigenvalue weighted by Gasteiger charge is 2.37. The van der Waals surface area contributed by atoms with E-state index in [2.05, 4.69) is 4.90 Å². The number of nitrogens with zero attached hydrogens (tertiary/aromatic N) is 1. The van der Waals surface area contributed by atoms with E-state index in [0.717, 1.165) is 31.6 Å². The highest BCUT2D eigenvalue weighted by Crippen LogP contribution is 2.37. The maximum Gasteiger partial charge on any atom is 0.150 e. The molecule has 2 heterocycles. The molecule has 122 valence electrons. The Kier molecular flexibility index (Phi) is 4.52. The zero-order valence-corrected chi connectivity index (χ0v) is 14.1. The molecule has 0 amide bonds. The zero-order chi connectivity index (χ0) is 15.8. The summed E-state index contributed by atoms with van der Waals surface area (Å²) in [5, 5.41) is 11.5. The quantitative estimate of drug-likeness (QED) is 0.912. The van der Waals surface area contributed by atoms with Crippen LogP contribution in [-0.4, -0.2) is 49.6 Å². The summed E-state index contributed by atoms with van der Waals surface area (Å²) in [6.07, 6.45) is 2.04. The molecule has 1 N–H and O–H groups in total. The summed E-state index contributed by atoms with van der Waals surface area (Å²) in [6.45, 7) is 2.37. The van der Waals surface area contributed by atoms with Gasteiger partial charge in [0, 0.05) is 30.2 Å². The van der Waals surface area contributed by atoms with Crippen LogP contribution in [0, 0.1) is 5.92 Å². The van der Waals surface area contributed by atoms with E-state index < -0.39 is 15.4 Å². The molecule has 6 heteroatoms. The fourth-order valence-electron chi connectivity index (χ4n) is 3.59. The van der Waals surface area contributed by atoms with Crippen LogP contribution in [0.1, 0.15) is 24.8 Å². The van der Waals surface area contributed by atoms with Gasteiger partial charge >= 0.3 is 0 Å². The lowest BCUT2D eigenvalue weighted by Crippen LogP contribution is -2.44. The fourth-order valence-corrected chi connectivity index (χ4v) is 5.76. The summed E-state index contributed by atoms with van der Waals surface area (Å²) in [7, 11) is -2.81. The molecular formula is C16H22ClNO3S. The van der Waals surface area contributed by atoms with Crippen molar-refractivity contribution in [1.29, 1.82) is 0 Å². The van der Waals surface area contributed by atoms with Crippen molar-refractivity contribution < 1.29 is 13.5 Å². The predicted octanol–water partition coefficient (Wildman–Crippen LogP) is 2.06. The van der Waals surface area contributed by atoms with Crippen LogP contribution < -0.4 is 0 Å². The minimum absolute atomic E-state index is 0.247. The number of hydrogen-bond donors (Lipinski definition) is 1. The predicted molar refractivity (Wildman–Crippen MR) is 87.8 cm³/mol. The first-order valence-corrected chi connectivity index (χ1v) is 9.98. The second kappa shape index (κ2) is 6.11. The van der Waals surface area contributed by atoms with Crippen LogP contribution in [0.25, 0.3) is 0 Å². The minimum atomic E-state index is -2.81. The SMILES string of the molecule is O=S1(=O)CC[C@@H](CN2CCC(O)(c3ccccc3Cl)CC2)C1. The van der Waals surface area contributed by atoms with E-state index in [9.17, 15) is 13.5 Å². The lowest BCUT2D eigenvalue weighted by Gasteiger charge is -2.39. The van der Waals surface area contributed by atoms with Gasteiger partial charge in [-0.2, -0.15) is 0 Å². The van der Waals surface area contributed by atoms with Crippen molar-refractivity contribution in [2.45, 2.75) is 24.9 Å². The van der Waals surface area contributed by atoms with Crippen molar-refractivity contribution in [3.63, 3.8) is 0 Å². The number of benzene rings is 1. The Morgan fingerprint density at radius 3 is 2.55 bits per heavy atom. The maximum atomic E-state index is 11.5. The highest BCUT2D eigenvalue weighted by atomic mass is 35.5. The number of rotatable bonds is 3. The fraction of sp³-hybridized carbons (Fsp3) is 0.625. The minimum Gasteiger partial charge on any atom is -0.385 e. The van der Waals surface area contributed by atoms with Gasteiger partial charge in [0.05, 0.1) is 17.1 Å². The van der Waals surface area contributed by atoms with Crippen molar-refractivity contribution in [3.05, 3.63) is 34.9 Å². The normalized spacial score (nSPS) is 27.8. The van der Waals surface area contributed by atoms with E-state index in [1.165, 1.54) is 0 Å². The Morgan fingerprint density at radius 2 is 1.95 bits per heavy atom. The molecule has 1 aromatic carbocycles. The second-order valence-corrected chi connectivity index (χ2v) is 9.22. The maximum absolute atomic E-state index is 11.5. The number of halogens is 1. The Labute approximate surface area is 137 Å². The summed E-state index contributed by atoms with van der Waals surface area (Å²) >= 11 is 6.21. The van der Waals surface area contributed by atoms with Crippen LogP contribution in [0.2, 0.25) is 5.02 Å². The van der Waals surface area contributed by atoms with Crippen LogP contribution in [0.15, 0.2) is 24.3 Å². The number of aliphatic hydroxyl groups is 1. The molecule has 2 aliphatic rings. The molecule has 2 fully saturated rings. The molecule has 0 bridgehead atoms. The van der Waals surface area contributed by atoms with E-state index in [4.69, 9.17) is 11.6 Å². The van der Waals surface area contributed by atoms with Gasteiger partial charge in [0.25, 0.3) is 0 Å². The summed E-state index contributed by atoms with van der Waals surface area (Å²) in [4.78, 5) is 2.27. The molecule has 0 saturated carbocycles. The largest absolute Gasteiger partial charge is 0.385 e. The topological polar surface area (TPSA) is 57.6 Å². The van der Waals surface area contributed by atoms with Gasteiger partial charge in [-0.15, -0.1) is 0 Å². The molecular weight excluding hydrogens is 322 g/mol. The van der Waals surface area contributed by atoms with E-state index in [1.807, 2.05) is 24.3 Å². The average Bonchev–Trinajstić information content (AvgIpc) is 2.81. The van der Waals surface area contributed by atoms with Gasteiger partial charge in [-0.25, -0.2) is 8.42 Å². The molecule has 0 unspecified atom stereocenters. The molecule has 0 radical (unpaired) electrons. The van der Waals surface area contributed by atoms with Crippen LogP contribution in [0.4, 0.5) is 0 Å². The molecule has 2 aliphatic heterocycles. The lowest BCUT2D eigenvalue weighted by atomic mass is 9.84. The van der Waals surface area contributed by atoms with E-state index in [0.29, 0.717) is 29.4 Å². The van der Waals surface area contributed by atoms with Gasteiger partial charge in [0.1, 0.15) is 0 Å². The van der Waals surface area contributed by atoms with Crippen molar-refractivity contribution >= 4 is 21.4 Å². The van der Waals surface area contributed by atoms with E-state index in [-0.39, 0.29) is 5.92 Å². The zero-order valence-electron chi connectivity index (χ0n) is 12.5. The molecule has 3 rings (SSSR count). The third-order valence-corrected chi connectivity index (χ3v) is 7.07. The summed E-state index contributed by atoms with van der Waals surface area (Å²) in [5.74, 6) is 0.893. The average molecular weight is 344 g/mol. The summed E-state index contributed by atoms with van der Waals surface area (Å²) in [5.41, 5.74) is -0.0592. The second-order valence-electron chi connectivity index (χ2n) is 6.58. The van der Waals surface area contributed by atoms with Crippen molar-refractivity contribution in [1.82, 2.24) is 4.90 Å². The van der Waals surface area contributed by atoms with E-state index >= 15 is 0 Å². The Morgan fingerprint density at radius 1 is 1.27 bits per heavy atom. The molecule has 1 atom stereocenters. The molecule has 22 heavy (non-hydrogen) atoms. The molecule has 0 aliphatic carbocycles. The third-order valence-electron chi connectivity index (χ3n) is 4.90. The standard InChI is InChI=1S/C16H22ClNO3S/c17-15-4-2-1-3-14(15)16(19)6-8-18(9-7-16)11-13-5-10-22(20,21)12-13/h1-4,13,19H,5-12H2/t13-/m0/s1. The number of sulfone groups is 1. The highest BCUT2D eigenvalue weighted by molar-refractivity contribution is 7.91. The monoisotopic (exact) mass is 343 g/mol. The molecule has 0 aromatic heterocycles. The first-order valence-electron chi connectivity index (χ1n) is 7.78. The summed E-state index contributed by atoms with van der Waals surface area (Å²) in [6, 6.07) is 7.46. The number of piperidine rings is 1. The van der Waals surface area contributed by atoms with Crippen LogP contribution in [-0.2, 0) is 15.4 Å². The molecule has 0 spiro atoms.